The highest BCUT2D eigenvalue weighted by Gasteiger charge is 2.60. The summed E-state index contributed by atoms with van der Waals surface area (Å²) in [5.41, 5.74) is 0.0196. The summed E-state index contributed by atoms with van der Waals surface area (Å²) < 4.78 is 18.4. The van der Waals surface area contributed by atoms with Crippen LogP contribution < -0.4 is 0 Å². The number of rotatable bonds is 4. The molecule has 4 atom stereocenters. The van der Waals surface area contributed by atoms with Gasteiger partial charge >= 0.3 is 0 Å². The summed E-state index contributed by atoms with van der Waals surface area (Å²) >= 11 is 0. The second kappa shape index (κ2) is 5.01. The molecule has 0 N–H and O–H groups in total. The molecule has 3 nitrogen and oxygen atoms in total. The minimum absolute atomic E-state index is 0.0566. The van der Waals surface area contributed by atoms with Crippen molar-refractivity contribution in [2.75, 3.05) is 13.2 Å². The zero-order valence-electron chi connectivity index (χ0n) is 12.6. The predicted octanol–water partition coefficient (Wildman–Crippen LogP) is 3.31. The molecule has 0 aromatic carbocycles. The van der Waals surface area contributed by atoms with Crippen molar-refractivity contribution in [3.63, 3.8) is 0 Å². The standard InChI is InChI=1S/C16H28O3/c1-12(2)16-8-7-15(3,19-16)14(10-16)18-11-13-6-4-5-9-17-13/h12-14H,4-11H2,1-3H3. The van der Waals surface area contributed by atoms with Crippen LogP contribution in [0.25, 0.3) is 0 Å². The molecule has 3 saturated heterocycles. The van der Waals surface area contributed by atoms with Crippen LogP contribution in [-0.4, -0.2) is 36.6 Å². The topological polar surface area (TPSA) is 27.7 Å². The number of fused-ring (bicyclic) bond motifs is 2. The highest BCUT2D eigenvalue weighted by atomic mass is 16.6. The minimum Gasteiger partial charge on any atom is -0.376 e. The lowest BCUT2D eigenvalue weighted by Crippen LogP contribution is -2.40. The Bertz CT molecular complexity index is 324. The molecule has 0 aromatic heterocycles. The Morgan fingerprint density at radius 2 is 2.11 bits per heavy atom. The van der Waals surface area contributed by atoms with Gasteiger partial charge in [0.25, 0.3) is 0 Å². The van der Waals surface area contributed by atoms with Gasteiger partial charge in [-0.1, -0.05) is 13.8 Å². The molecule has 0 saturated carbocycles. The van der Waals surface area contributed by atoms with E-state index in [4.69, 9.17) is 14.2 Å². The van der Waals surface area contributed by atoms with Gasteiger partial charge in [-0.3, -0.25) is 0 Å². The van der Waals surface area contributed by atoms with Gasteiger partial charge in [0.1, 0.15) is 0 Å². The zero-order valence-corrected chi connectivity index (χ0v) is 12.6. The van der Waals surface area contributed by atoms with Crippen molar-refractivity contribution in [2.24, 2.45) is 5.92 Å². The molecule has 0 spiro atoms. The number of hydrogen-bond donors (Lipinski definition) is 0. The second-order valence-corrected chi connectivity index (χ2v) is 7.15. The van der Waals surface area contributed by atoms with Gasteiger partial charge in [-0.05, 0) is 44.9 Å². The van der Waals surface area contributed by atoms with E-state index in [9.17, 15) is 0 Å². The van der Waals surface area contributed by atoms with E-state index in [0.717, 1.165) is 32.5 Å². The molecular weight excluding hydrogens is 240 g/mol. The summed E-state index contributed by atoms with van der Waals surface area (Å²) in [6.45, 7) is 8.44. The molecule has 0 amide bonds. The van der Waals surface area contributed by atoms with Crippen molar-refractivity contribution < 1.29 is 14.2 Å². The third-order valence-corrected chi connectivity index (χ3v) is 5.50. The molecule has 3 heteroatoms. The maximum atomic E-state index is 6.40. The summed E-state index contributed by atoms with van der Waals surface area (Å²) in [6.07, 6.45) is 7.61. The molecule has 19 heavy (non-hydrogen) atoms. The van der Waals surface area contributed by atoms with E-state index < -0.39 is 0 Å². The zero-order chi connectivity index (χ0) is 13.5. The minimum atomic E-state index is -0.0566. The predicted molar refractivity (Wildman–Crippen MR) is 74.2 cm³/mol. The van der Waals surface area contributed by atoms with Gasteiger partial charge in [-0.25, -0.2) is 0 Å². The average molecular weight is 268 g/mol. The fourth-order valence-electron chi connectivity index (χ4n) is 3.97. The van der Waals surface area contributed by atoms with Crippen LogP contribution in [0, 0.1) is 5.92 Å². The average Bonchev–Trinajstić information content (AvgIpc) is 2.90. The summed E-state index contributed by atoms with van der Waals surface area (Å²) in [7, 11) is 0. The van der Waals surface area contributed by atoms with Gasteiger partial charge in [0.05, 0.1) is 30.0 Å². The molecule has 0 radical (unpaired) electrons. The van der Waals surface area contributed by atoms with Crippen molar-refractivity contribution >= 4 is 0 Å². The van der Waals surface area contributed by atoms with Crippen LogP contribution in [0.1, 0.15) is 59.3 Å². The lowest BCUT2D eigenvalue weighted by atomic mass is 9.75. The molecule has 110 valence electrons. The molecular formula is C16H28O3. The van der Waals surface area contributed by atoms with Crippen LogP contribution in [0.2, 0.25) is 0 Å². The normalized spacial score (nSPS) is 46.1. The van der Waals surface area contributed by atoms with E-state index >= 15 is 0 Å². The summed E-state index contributed by atoms with van der Waals surface area (Å²) in [4.78, 5) is 0. The van der Waals surface area contributed by atoms with Crippen molar-refractivity contribution in [1.82, 2.24) is 0 Å². The highest BCUT2D eigenvalue weighted by molar-refractivity contribution is 5.10. The van der Waals surface area contributed by atoms with Crippen molar-refractivity contribution in [3.05, 3.63) is 0 Å². The smallest absolute Gasteiger partial charge is 0.0924 e. The van der Waals surface area contributed by atoms with Crippen LogP contribution in [0.4, 0.5) is 0 Å². The van der Waals surface area contributed by atoms with Gasteiger partial charge in [-0.15, -0.1) is 0 Å². The van der Waals surface area contributed by atoms with Crippen LogP contribution in [-0.2, 0) is 14.2 Å². The maximum Gasteiger partial charge on any atom is 0.0924 e. The van der Waals surface area contributed by atoms with E-state index in [0.29, 0.717) is 12.0 Å². The summed E-state index contributed by atoms with van der Waals surface area (Å²) in [6, 6.07) is 0. The third kappa shape index (κ3) is 2.45. The monoisotopic (exact) mass is 268 g/mol. The van der Waals surface area contributed by atoms with E-state index in [-0.39, 0.29) is 17.3 Å². The maximum absolute atomic E-state index is 6.40. The Labute approximate surface area is 117 Å². The van der Waals surface area contributed by atoms with Crippen molar-refractivity contribution in [3.8, 4) is 0 Å². The first-order valence-corrected chi connectivity index (χ1v) is 7.97. The van der Waals surface area contributed by atoms with E-state index in [1.807, 2.05) is 0 Å². The van der Waals surface area contributed by atoms with Crippen LogP contribution in [0.3, 0.4) is 0 Å². The van der Waals surface area contributed by atoms with Gasteiger partial charge in [0, 0.05) is 13.0 Å². The Morgan fingerprint density at radius 1 is 1.26 bits per heavy atom. The van der Waals surface area contributed by atoms with Gasteiger partial charge in [0.15, 0.2) is 0 Å². The van der Waals surface area contributed by atoms with Crippen LogP contribution >= 0.6 is 0 Å². The molecule has 3 heterocycles. The second-order valence-electron chi connectivity index (χ2n) is 7.15. The SMILES string of the molecule is CC(C)C12CCC(C)(O1)C(OCC1CCCCO1)C2. The lowest BCUT2D eigenvalue weighted by Gasteiger charge is -2.33. The van der Waals surface area contributed by atoms with Gasteiger partial charge < -0.3 is 14.2 Å². The molecule has 4 unspecified atom stereocenters. The molecule has 3 rings (SSSR count). The molecule has 3 aliphatic heterocycles. The molecule has 3 fully saturated rings. The quantitative estimate of drug-likeness (QED) is 0.783. The molecule has 3 aliphatic rings. The van der Waals surface area contributed by atoms with E-state index in [1.165, 1.54) is 19.3 Å². The molecule has 0 aliphatic carbocycles. The van der Waals surface area contributed by atoms with Crippen LogP contribution in [0.15, 0.2) is 0 Å². The van der Waals surface area contributed by atoms with E-state index in [1.54, 1.807) is 0 Å². The Kier molecular flexibility index (Phi) is 3.65. The van der Waals surface area contributed by atoms with E-state index in [2.05, 4.69) is 20.8 Å². The first kappa shape index (κ1) is 13.8. The summed E-state index contributed by atoms with van der Waals surface area (Å²) in [5, 5.41) is 0. The van der Waals surface area contributed by atoms with Gasteiger partial charge in [0.2, 0.25) is 0 Å². The van der Waals surface area contributed by atoms with Crippen molar-refractivity contribution in [1.29, 1.82) is 0 Å². The number of hydrogen-bond acceptors (Lipinski definition) is 3. The largest absolute Gasteiger partial charge is 0.376 e. The molecule has 0 aromatic rings. The van der Waals surface area contributed by atoms with Crippen molar-refractivity contribution in [2.45, 2.75) is 82.7 Å². The summed E-state index contributed by atoms with van der Waals surface area (Å²) in [5.74, 6) is 0.578. The third-order valence-electron chi connectivity index (χ3n) is 5.50. The lowest BCUT2D eigenvalue weighted by molar-refractivity contribution is -0.114. The van der Waals surface area contributed by atoms with Crippen LogP contribution in [0.5, 0.6) is 0 Å². The Balaban J connectivity index is 1.57. The molecule has 2 bridgehead atoms. The van der Waals surface area contributed by atoms with Gasteiger partial charge in [-0.2, -0.15) is 0 Å². The number of ether oxygens (including phenoxy) is 3. The first-order chi connectivity index (χ1) is 9.04. The highest BCUT2D eigenvalue weighted by Crippen LogP contribution is 2.55. The first-order valence-electron chi connectivity index (χ1n) is 7.97. The fourth-order valence-corrected chi connectivity index (χ4v) is 3.97. The Morgan fingerprint density at radius 3 is 2.74 bits per heavy atom. The Hall–Kier alpha value is -0.120. The fraction of sp³-hybridized carbons (Fsp3) is 1.00.